The average molecular weight is 271 g/mol. The van der Waals surface area contributed by atoms with Crippen molar-refractivity contribution in [2.45, 2.75) is 32.2 Å². The molecule has 0 aromatic carbocycles. The highest BCUT2D eigenvalue weighted by Gasteiger charge is 2.23. The highest BCUT2D eigenvalue weighted by molar-refractivity contribution is 5.86. The predicted molar refractivity (Wildman–Crippen MR) is 68.7 cm³/mol. The van der Waals surface area contributed by atoms with Crippen molar-refractivity contribution in [1.82, 2.24) is 15.1 Å². The van der Waals surface area contributed by atoms with Crippen LogP contribution in [0.3, 0.4) is 0 Å². The fourth-order valence-electron chi connectivity index (χ4n) is 1.94. The van der Waals surface area contributed by atoms with Crippen LogP contribution in [0.15, 0.2) is 0 Å². The van der Waals surface area contributed by atoms with Crippen LogP contribution in [-0.4, -0.2) is 65.5 Å². The highest BCUT2D eigenvalue weighted by Crippen LogP contribution is 2.07. The number of urea groups is 1. The smallest absolute Gasteiger partial charge is 0.326 e. The third-order valence-corrected chi connectivity index (χ3v) is 3.18. The summed E-state index contributed by atoms with van der Waals surface area (Å²) in [4.78, 5) is 37.3. The maximum atomic E-state index is 11.8. The molecule has 3 amide bonds. The third-order valence-electron chi connectivity index (χ3n) is 3.18. The lowest BCUT2D eigenvalue weighted by Gasteiger charge is -2.23. The van der Waals surface area contributed by atoms with E-state index in [1.54, 1.807) is 11.8 Å². The number of carboxylic acid groups (broad SMARTS) is 1. The Balaban J connectivity index is 2.43. The molecule has 0 saturated carbocycles. The summed E-state index contributed by atoms with van der Waals surface area (Å²) in [6.45, 7) is 3.12. The molecular weight excluding hydrogens is 250 g/mol. The molecule has 108 valence electrons. The number of hydrogen-bond donors (Lipinski definition) is 2. The molecule has 1 atom stereocenters. The summed E-state index contributed by atoms with van der Waals surface area (Å²) in [6.07, 6.45) is 2.30. The summed E-state index contributed by atoms with van der Waals surface area (Å²) in [7, 11) is 1.48. The summed E-state index contributed by atoms with van der Waals surface area (Å²) in [5, 5.41) is 11.2. The maximum Gasteiger partial charge on any atom is 0.326 e. The number of nitrogens with zero attached hydrogens (tertiary/aromatic N) is 2. The Kier molecular flexibility index (Phi) is 5.59. The fraction of sp³-hybridized carbons (Fsp3) is 0.750. The largest absolute Gasteiger partial charge is 0.480 e. The van der Waals surface area contributed by atoms with Gasteiger partial charge in [-0.2, -0.15) is 0 Å². The van der Waals surface area contributed by atoms with Gasteiger partial charge in [0.25, 0.3) is 0 Å². The van der Waals surface area contributed by atoms with Crippen molar-refractivity contribution in [3.8, 4) is 0 Å². The predicted octanol–water partition coefficient (Wildman–Crippen LogP) is 0.113. The van der Waals surface area contributed by atoms with Gasteiger partial charge in [-0.1, -0.05) is 6.92 Å². The number of carbonyl (C=O) groups excluding carboxylic acids is 2. The van der Waals surface area contributed by atoms with Gasteiger partial charge in [-0.05, 0) is 19.3 Å². The first-order valence-electron chi connectivity index (χ1n) is 6.48. The van der Waals surface area contributed by atoms with Gasteiger partial charge < -0.3 is 20.2 Å². The highest BCUT2D eigenvalue weighted by atomic mass is 16.4. The minimum Gasteiger partial charge on any atom is -0.480 e. The number of likely N-dealkylation sites (tertiary alicyclic amines) is 1. The molecule has 1 aliphatic heterocycles. The molecule has 2 N–H and O–H groups in total. The lowest BCUT2D eigenvalue weighted by molar-refractivity contribution is -0.139. The van der Waals surface area contributed by atoms with Crippen molar-refractivity contribution in [2.75, 3.05) is 26.7 Å². The van der Waals surface area contributed by atoms with Crippen LogP contribution >= 0.6 is 0 Å². The SMILES string of the molecule is CC[C@@H](NC(=O)N(C)CC(=O)N1CCCC1)C(=O)O. The topological polar surface area (TPSA) is 90.0 Å². The Morgan fingerprint density at radius 3 is 2.37 bits per heavy atom. The van der Waals surface area contributed by atoms with Crippen LogP contribution in [0.2, 0.25) is 0 Å². The molecule has 0 unspecified atom stereocenters. The molecule has 1 fully saturated rings. The van der Waals surface area contributed by atoms with Crippen LogP contribution in [0.1, 0.15) is 26.2 Å². The summed E-state index contributed by atoms with van der Waals surface area (Å²) in [6, 6.07) is -1.46. The van der Waals surface area contributed by atoms with Crippen molar-refractivity contribution in [2.24, 2.45) is 0 Å². The van der Waals surface area contributed by atoms with Crippen LogP contribution in [0, 0.1) is 0 Å². The number of aliphatic carboxylic acids is 1. The minimum atomic E-state index is -1.07. The minimum absolute atomic E-state index is 0.0259. The molecule has 0 radical (unpaired) electrons. The van der Waals surface area contributed by atoms with Gasteiger partial charge in [-0.15, -0.1) is 0 Å². The second-order valence-corrected chi connectivity index (χ2v) is 4.69. The van der Waals surface area contributed by atoms with E-state index in [1.807, 2.05) is 0 Å². The normalized spacial score (nSPS) is 16.0. The molecule has 7 heteroatoms. The van der Waals surface area contributed by atoms with Gasteiger partial charge in [0.1, 0.15) is 12.6 Å². The summed E-state index contributed by atoms with van der Waals surface area (Å²) >= 11 is 0. The van der Waals surface area contributed by atoms with E-state index in [9.17, 15) is 14.4 Å². The zero-order chi connectivity index (χ0) is 14.4. The standard InChI is InChI=1S/C12H21N3O4/c1-3-9(11(17)18)13-12(19)14(2)8-10(16)15-6-4-5-7-15/h9H,3-8H2,1-2H3,(H,13,19)(H,17,18)/t9-/m1/s1. The number of rotatable bonds is 5. The molecular formula is C12H21N3O4. The van der Waals surface area contributed by atoms with E-state index in [-0.39, 0.29) is 12.5 Å². The first-order chi connectivity index (χ1) is 8.95. The van der Waals surface area contributed by atoms with E-state index in [0.29, 0.717) is 6.42 Å². The van der Waals surface area contributed by atoms with Crippen LogP contribution in [0.4, 0.5) is 4.79 Å². The number of carboxylic acids is 1. The monoisotopic (exact) mass is 271 g/mol. The van der Waals surface area contributed by atoms with Crippen LogP contribution in [0.5, 0.6) is 0 Å². The van der Waals surface area contributed by atoms with Gasteiger partial charge in [0, 0.05) is 20.1 Å². The molecule has 1 heterocycles. The Labute approximate surface area is 112 Å². The third kappa shape index (κ3) is 4.42. The molecule has 0 aromatic rings. The lowest BCUT2D eigenvalue weighted by Crippen LogP contribution is -2.49. The summed E-state index contributed by atoms with van der Waals surface area (Å²) < 4.78 is 0. The first kappa shape index (κ1) is 15.3. The number of nitrogens with one attached hydrogen (secondary N) is 1. The molecule has 1 rings (SSSR count). The molecule has 0 aromatic heterocycles. The molecule has 7 nitrogen and oxygen atoms in total. The van der Waals surface area contributed by atoms with Crippen molar-refractivity contribution in [1.29, 1.82) is 0 Å². The Hall–Kier alpha value is -1.79. The number of likely N-dealkylation sites (N-methyl/N-ethyl adjacent to an activating group) is 1. The number of amides is 3. The van der Waals surface area contributed by atoms with Gasteiger partial charge in [-0.3, -0.25) is 4.79 Å². The Bertz CT molecular complexity index is 353. The Morgan fingerprint density at radius 2 is 1.89 bits per heavy atom. The molecule has 19 heavy (non-hydrogen) atoms. The van der Waals surface area contributed by atoms with Crippen molar-refractivity contribution < 1.29 is 19.5 Å². The summed E-state index contributed by atoms with van der Waals surface area (Å²) in [5.74, 6) is -1.17. The van der Waals surface area contributed by atoms with Gasteiger partial charge in [0.05, 0.1) is 0 Å². The quantitative estimate of drug-likeness (QED) is 0.743. The molecule has 1 aliphatic rings. The maximum absolute atomic E-state index is 11.8. The van der Waals surface area contributed by atoms with Crippen molar-refractivity contribution >= 4 is 17.9 Å². The zero-order valence-electron chi connectivity index (χ0n) is 11.4. The van der Waals surface area contributed by atoms with Gasteiger partial charge in [0.2, 0.25) is 5.91 Å². The van der Waals surface area contributed by atoms with Gasteiger partial charge in [-0.25, -0.2) is 9.59 Å². The van der Waals surface area contributed by atoms with E-state index in [0.717, 1.165) is 25.9 Å². The van der Waals surface area contributed by atoms with Crippen molar-refractivity contribution in [3.63, 3.8) is 0 Å². The second-order valence-electron chi connectivity index (χ2n) is 4.69. The van der Waals surface area contributed by atoms with Gasteiger partial charge in [0.15, 0.2) is 0 Å². The molecule has 0 spiro atoms. The number of hydrogen-bond acceptors (Lipinski definition) is 3. The molecule has 1 saturated heterocycles. The lowest BCUT2D eigenvalue weighted by atomic mass is 10.2. The average Bonchev–Trinajstić information content (AvgIpc) is 2.88. The van der Waals surface area contributed by atoms with E-state index >= 15 is 0 Å². The second kappa shape index (κ2) is 6.96. The van der Waals surface area contributed by atoms with E-state index < -0.39 is 18.0 Å². The Morgan fingerprint density at radius 1 is 1.32 bits per heavy atom. The molecule has 0 aliphatic carbocycles. The number of carbonyl (C=O) groups is 3. The van der Waals surface area contributed by atoms with Crippen LogP contribution in [0.25, 0.3) is 0 Å². The van der Waals surface area contributed by atoms with Gasteiger partial charge >= 0.3 is 12.0 Å². The van der Waals surface area contributed by atoms with E-state index in [2.05, 4.69) is 5.32 Å². The van der Waals surface area contributed by atoms with E-state index in [4.69, 9.17) is 5.11 Å². The summed E-state index contributed by atoms with van der Waals surface area (Å²) in [5.41, 5.74) is 0. The van der Waals surface area contributed by atoms with Crippen LogP contribution in [-0.2, 0) is 9.59 Å². The van der Waals surface area contributed by atoms with Crippen LogP contribution < -0.4 is 5.32 Å². The molecule has 0 bridgehead atoms. The fourth-order valence-corrected chi connectivity index (χ4v) is 1.94. The first-order valence-corrected chi connectivity index (χ1v) is 6.48. The van der Waals surface area contributed by atoms with E-state index in [1.165, 1.54) is 11.9 Å². The zero-order valence-corrected chi connectivity index (χ0v) is 11.4. The van der Waals surface area contributed by atoms with Crippen molar-refractivity contribution in [3.05, 3.63) is 0 Å².